The summed E-state index contributed by atoms with van der Waals surface area (Å²) in [6, 6.07) is 6.21. The van der Waals surface area contributed by atoms with E-state index in [1.54, 1.807) is 12.1 Å². The number of amides is 1. The molecular weight excluding hydrogens is 362 g/mol. The molecule has 8 heteroatoms. The molecule has 0 aliphatic carbocycles. The second kappa shape index (κ2) is 11.4. The first kappa shape index (κ1) is 21.8. The van der Waals surface area contributed by atoms with E-state index in [-0.39, 0.29) is 23.5 Å². The van der Waals surface area contributed by atoms with Crippen molar-refractivity contribution in [1.82, 2.24) is 15.1 Å². The summed E-state index contributed by atoms with van der Waals surface area (Å²) in [6.45, 7) is 6.19. The number of nitrogens with zero attached hydrogens (tertiary/aromatic N) is 2. The molecule has 1 amide bonds. The molecule has 0 spiro atoms. The van der Waals surface area contributed by atoms with Crippen molar-refractivity contribution in [2.24, 2.45) is 0 Å². The van der Waals surface area contributed by atoms with E-state index in [0.717, 1.165) is 52.1 Å². The van der Waals surface area contributed by atoms with E-state index in [0.29, 0.717) is 13.0 Å². The maximum absolute atomic E-state index is 12.2. The molecule has 154 valence electrons. The molecule has 2 rings (SSSR count). The molecule has 1 aromatic carbocycles. The lowest BCUT2D eigenvalue weighted by Crippen LogP contribution is -2.46. The molecule has 1 fully saturated rings. The van der Waals surface area contributed by atoms with Gasteiger partial charge in [-0.05, 0) is 44.5 Å². The highest BCUT2D eigenvalue weighted by Gasteiger charge is 2.17. The van der Waals surface area contributed by atoms with Crippen LogP contribution in [0.2, 0.25) is 0 Å². The molecule has 3 N–H and O–H groups in total. The van der Waals surface area contributed by atoms with E-state index in [1.807, 2.05) is 0 Å². The number of rotatable bonds is 11. The van der Waals surface area contributed by atoms with Crippen molar-refractivity contribution in [3.63, 3.8) is 0 Å². The number of aromatic carboxylic acids is 1. The van der Waals surface area contributed by atoms with E-state index >= 15 is 0 Å². The molecule has 1 heterocycles. The number of piperazine rings is 1. The Morgan fingerprint density at radius 1 is 0.857 bits per heavy atom. The Morgan fingerprint density at radius 2 is 1.43 bits per heavy atom. The van der Waals surface area contributed by atoms with E-state index in [1.165, 1.54) is 12.1 Å². The monoisotopic (exact) mass is 391 g/mol. The van der Waals surface area contributed by atoms with Gasteiger partial charge < -0.3 is 25.3 Å². The Morgan fingerprint density at radius 3 is 2.00 bits per heavy atom. The standard InChI is InChI=1S/C20H29N3O5/c24-18(25)8-5-11-23-14-12-22(13-15-23)10-4-3-9-21-19(26)16-6-1-2-7-17(16)20(27)28/h1-2,6-7H,3-5,8-15H2,(H,21,26)(H,24,25)(H,27,28). The van der Waals surface area contributed by atoms with E-state index < -0.39 is 11.9 Å². The summed E-state index contributed by atoms with van der Waals surface area (Å²) in [7, 11) is 0. The Kier molecular flexibility index (Phi) is 8.90. The van der Waals surface area contributed by atoms with Crippen LogP contribution in [0.4, 0.5) is 0 Å². The van der Waals surface area contributed by atoms with Gasteiger partial charge >= 0.3 is 11.9 Å². The molecule has 28 heavy (non-hydrogen) atoms. The maximum atomic E-state index is 12.2. The summed E-state index contributed by atoms with van der Waals surface area (Å²) >= 11 is 0. The number of carbonyl (C=O) groups is 3. The number of hydrogen-bond acceptors (Lipinski definition) is 5. The SMILES string of the molecule is O=C(O)CCCN1CCN(CCCCNC(=O)c2ccccc2C(=O)O)CC1. The zero-order valence-electron chi connectivity index (χ0n) is 16.1. The van der Waals surface area contributed by atoms with Gasteiger partial charge in [-0.15, -0.1) is 0 Å². The van der Waals surface area contributed by atoms with Crippen LogP contribution in [0.5, 0.6) is 0 Å². The number of hydrogen-bond donors (Lipinski definition) is 3. The Labute approximate surface area is 165 Å². The minimum atomic E-state index is -1.10. The fraction of sp³-hybridized carbons (Fsp3) is 0.550. The molecular formula is C20H29N3O5. The van der Waals surface area contributed by atoms with Gasteiger partial charge in [0.05, 0.1) is 11.1 Å². The molecule has 0 unspecified atom stereocenters. The number of carboxylic acid groups (broad SMARTS) is 2. The normalized spacial score (nSPS) is 15.3. The summed E-state index contributed by atoms with van der Waals surface area (Å²) < 4.78 is 0. The van der Waals surface area contributed by atoms with Crippen molar-refractivity contribution in [1.29, 1.82) is 0 Å². The Bertz CT molecular complexity index is 672. The topological polar surface area (TPSA) is 110 Å². The van der Waals surface area contributed by atoms with Crippen molar-refractivity contribution < 1.29 is 24.6 Å². The number of benzene rings is 1. The van der Waals surface area contributed by atoms with Crippen LogP contribution in [0.3, 0.4) is 0 Å². The van der Waals surface area contributed by atoms with Gasteiger partial charge in [0.1, 0.15) is 0 Å². The lowest BCUT2D eigenvalue weighted by Gasteiger charge is -2.34. The van der Waals surface area contributed by atoms with Crippen LogP contribution < -0.4 is 5.32 Å². The first-order valence-corrected chi connectivity index (χ1v) is 9.74. The fourth-order valence-corrected chi connectivity index (χ4v) is 3.32. The maximum Gasteiger partial charge on any atom is 0.336 e. The van der Waals surface area contributed by atoms with Crippen LogP contribution in [0.25, 0.3) is 0 Å². The lowest BCUT2D eigenvalue weighted by atomic mass is 10.1. The second-order valence-corrected chi connectivity index (χ2v) is 6.99. The summed E-state index contributed by atoms with van der Waals surface area (Å²) in [5, 5.41) is 20.6. The highest BCUT2D eigenvalue weighted by Crippen LogP contribution is 2.09. The summed E-state index contributed by atoms with van der Waals surface area (Å²) in [5.41, 5.74) is 0.204. The number of carboxylic acids is 2. The molecule has 1 aromatic rings. The number of aliphatic carboxylic acids is 1. The zero-order chi connectivity index (χ0) is 20.4. The van der Waals surface area contributed by atoms with Gasteiger partial charge in [-0.25, -0.2) is 4.79 Å². The third-order valence-corrected chi connectivity index (χ3v) is 4.92. The van der Waals surface area contributed by atoms with E-state index in [4.69, 9.17) is 10.2 Å². The van der Waals surface area contributed by atoms with E-state index in [9.17, 15) is 14.4 Å². The second-order valence-electron chi connectivity index (χ2n) is 6.99. The molecule has 0 bridgehead atoms. The minimum Gasteiger partial charge on any atom is -0.481 e. The Balaban J connectivity index is 1.58. The molecule has 1 aliphatic rings. The zero-order valence-corrected chi connectivity index (χ0v) is 16.1. The predicted octanol–water partition coefficient (Wildman–Crippen LogP) is 1.38. The summed E-state index contributed by atoms with van der Waals surface area (Å²) in [6.07, 6.45) is 2.71. The van der Waals surface area contributed by atoms with Gasteiger partial charge in [0.25, 0.3) is 5.91 Å². The number of unbranched alkanes of at least 4 members (excludes halogenated alkanes) is 1. The first-order valence-electron chi connectivity index (χ1n) is 9.74. The van der Waals surface area contributed by atoms with Crippen LogP contribution in [0.1, 0.15) is 46.4 Å². The average molecular weight is 391 g/mol. The van der Waals surface area contributed by atoms with Gasteiger partial charge in [-0.1, -0.05) is 12.1 Å². The molecule has 1 saturated heterocycles. The van der Waals surface area contributed by atoms with Crippen molar-refractivity contribution in [3.8, 4) is 0 Å². The fourth-order valence-electron chi connectivity index (χ4n) is 3.32. The molecule has 0 saturated carbocycles. The van der Waals surface area contributed by atoms with Gasteiger partial charge in [0.15, 0.2) is 0 Å². The van der Waals surface area contributed by atoms with Crippen LogP contribution in [0.15, 0.2) is 24.3 Å². The van der Waals surface area contributed by atoms with Crippen LogP contribution in [-0.2, 0) is 4.79 Å². The molecule has 0 atom stereocenters. The third kappa shape index (κ3) is 7.28. The molecule has 1 aliphatic heterocycles. The lowest BCUT2D eigenvalue weighted by molar-refractivity contribution is -0.137. The van der Waals surface area contributed by atoms with Crippen molar-refractivity contribution in [3.05, 3.63) is 35.4 Å². The summed E-state index contributed by atoms with van der Waals surface area (Å²) in [4.78, 5) is 38.6. The van der Waals surface area contributed by atoms with Crippen molar-refractivity contribution in [2.75, 3.05) is 45.8 Å². The van der Waals surface area contributed by atoms with Crippen molar-refractivity contribution >= 4 is 17.8 Å². The molecule has 8 nitrogen and oxygen atoms in total. The summed E-state index contributed by atoms with van der Waals surface area (Å²) in [5.74, 6) is -2.20. The Hall–Kier alpha value is -2.45. The third-order valence-electron chi connectivity index (χ3n) is 4.92. The highest BCUT2D eigenvalue weighted by atomic mass is 16.4. The van der Waals surface area contributed by atoms with Gasteiger partial charge in [0, 0.05) is 39.1 Å². The highest BCUT2D eigenvalue weighted by molar-refractivity contribution is 6.04. The van der Waals surface area contributed by atoms with Gasteiger partial charge in [-0.2, -0.15) is 0 Å². The minimum absolute atomic E-state index is 0.0150. The molecule has 0 radical (unpaired) electrons. The smallest absolute Gasteiger partial charge is 0.336 e. The molecule has 0 aromatic heterocycles. The number of carbonyl (C=O) groups excluding carboxylic acids is 1. The van der Waals surface area contributed by atoms with Crippen LogP contribution in [-0.4, -0.2) is 83.7 Å². The number of nitrogens with one attached hydrogen (secondary N) is 1. The van der Waals surface area contributed by atoms with Crippen LogP contribution >= 0.6 is 0 Å². The average Bonchev–Trinajstić information content (AvgIpc) is 2.68. The largest absolute Gasteiger partial charge is 0.481 e. The van der Waals surface area contributed by atoms with Gasteiger partial charge in [-0.3, -0.25) is 9.59 Å². The van der Waals surface area contributed by atoms with E-state index in [2.05, 4.69) is 15.1 Å². The van der Waals surface area contributed by atoms with Crippen LogP contribution in [0, 0.1) is 0 Å². The van der Waals surface area contributed by atoms with Crippen molar-refractivity contribution in [2.45, 2.75) is 25.7 Å². The predicted molar refractivity (Wildman–Crippen MR) is 105 cm³/mol. The quantitative estimate of drug-likeness (QED) is 0.489. The first-order chi connectivity index (χ1) is 13.5. The van der Waals surface area contributed by atoms with Gasteiger partial charge in [0.2, 0.25) is 0 Å².